The van der Waals surface area contributed by atoms with Gasteiger partial charge in [0.15, 0.2) is 23.3 Å². The number of hydrogen-bond acceptors (Lipinski definition) is 3. The van der Waals surface area contributed by atoms with E-state index in [1.165, 1.54) is 38.4 Å². The van der Waals surface area contributed by atoms with Crippen molar-refractivity contribution in [3.63, 3.8) is 0 Å². The topological polar surface area (TPSA) is 66.5 Å². The Labute approximate surface area is 151 Å². The van der Waals surface area contributed by atoms with Crippen LogP contribution in [0.15, 0.2) is 29.2 Å². The van der Waals surface area contributed by atoms with Gasteiger partial charge < -0.3 is 5.32 Å². The summed E-state index contributed by atoms with van der Waals surface area (Å²) < 4.78 is 91.3. The average Bonchev–Trinajstić information content (AvgIpc) is 2.62. The largest absolute Gasteiger partial charge is 0.326 e. The molecule has 146 valence electrons. The summed E-state index contributed by atoms with van der Waals surface area (Å²) in [7, 11) is -1.04. The molecule has 0 fully saturated rings. The predicted octanol–water partition coefficient (Wildman–Crippen LogP) is 2.81. The van der Waals surface area contributed by atoms with Crippen LogP contribution in [0.3, 0.4) is 0 Å². The van der Waals surface area contributed by atoms with Crippen LogP contribution >= 0.6 is 0 Å². The van der Waals surface area contributed by atoms with E-state index in [9.17, 15) is 35.2 Å². The van der Waals surface area contributed by atoms with Gasteiger partial charge in [0, 0.05) is 25.3 Å². The van der Waals surface area contributed by atoms with Crippen LogP contribution in [0.25, 0.3) is 0 Å². The van der Waals surface area contributed by atoms with E-state index < -0.39 is 57.0 Å². The summed E-state index contributed by atoms with van der Waals surface area (Å²) in [6.07, 6.45) is -1.11. The molecule has 0 saturated carbocycles. The van der Waals surface area contributed by atoms with Gasteiger partial charge in [0.05, 0.1) is 11.3 Å². The number of carbonyl (C=O) groups excluding carboxylic acids is 1. The molecule has 0 saturated heterocycles. The van der Waals surface area contributed by atoms with E-state index in [1.807, 2.05) is 0 Å². The van der Waals surface area contributed by atoms with Crippen molar-refractivity contribution < 1.29 is 35.2 Å². The van der Waals surface area contributed by atoms with E-state index in [0.29, 0.717) is 0 Å². The SMILES string of the molecule is CN(C)S(=O)(=O)c1ccc(NC(=O)Cc2c(F)c(F)c(F)c(F)c2F)cc1. The first kappa shape index (κ1) is 20.8. The van der Waals surface area contributed by atoms with Crippen LogP contribution in [-0.4, -0.2) is 32.7 Å². The molecule has 2 aromatic carbocycles. The smallest absolute Gasteiger partial charge is 0.242 e. The summed E-state index contributed by atoms with van der Waals surface area (Å²) >= 11 is 0. The van der Waals surface area contributed by atoms with E-state index >= 15 is 0 Å². The second-order valence-electron chi connectivity index (χ2n) is 5.59. The fourth-order valence-electron chi connectivity index (χ4n) is 2.09. The number of sulfonamides is 1. The Kier molecular flexibility index (Phi) is 5.85. The number of halogens is 5. The van der Waals surface area contributed by atoms with Crippen LogP contribution in [-0.2, 0) is 21.2 Å². The van der Waals surface area contributed by atoms with E-state index in [4.69, 9.17) is 0 Å². The lowest BCUT2D eigenvalue weighted by atomic mass is 10.1. The van der Waals surface area contributed by atoms with Gasteiger partial charge in [-0.05, 0) is 24.3 Å². The second-order valence-corrected chi connectivity index (χ2v) is 7.74. The van der Waals surface area contributed by atoms with Gasteiger partial charge in [0.25, 0.3) is 0 Å². The predicted molar refractivity (Wildman–Crippen MR) is 85.9 cm³/mol. The molecular formula is C16H13F5N2O3S. The van der Waals surface area contributed by atoms with Gasteiger partial charge in [-0.1, -0.05) is 0 Å². The van der Waals surface area contributed by atoms with E-state index in [1.54, 1.807) is 0 Å². The first-order chi connectivity index (χ1) is 12.5. The van der Waals surface area contributed by atoms with Crippen molar-refractivity contribution in [3.05, 3.63) is 58.9 Å². The lowest BCUT2D eigenvalue weighted by molar-refractivity contribution is -0.115. The molecule has 0 atom stereocenters. The summed E-state index contributed by atoms with van der Waals surface area (Å²) in [6, 6.07) is 4.80. The molecule has 27 heavy (non-hydrogen) atoms. The van der Waals surface area contributed by atoms with Crippen LogP contribution < -0.4 is 5.32 Å². The number of anilines is 1. The first-order valence-electron chi connectivity index (χ1n) is 7.29. The number of hydrogen-bond donors (Lipinski definition) is 1. The van der Waals surface area contributed by atoms with Crippen LogP contribution in [0.2, 0.25) is 0 Å². The Bertz CT molecular complexity index is 963. The Morgan fingerprint density at radius 1 is 0.889 bits per heavy atom. The molecule has 0 spiro atoms. The molecule has 0 unspecified atom stereocenters. The number of amides is 1. The third-order valence-corrected chi connectivity index (χ3v) is 5.38. The Hall–Kier alpha value is -2.53. The van der Waals surface area contributed by atoms with E-state index in [0.717, 1.165) is 4.31 Å². The number of nitrogens with one attached hydrogen (secondary N) is 1. The molecule has 1 amide bonds. The highest BCUT2D eigenvalue weighted by Gasteiger charge is 2.27. The quantitative estimate of drug-likeness (QED) is 0.470. The third-order valence-electron chi connectivity index (χ3n) is 3.55. The van der Waals surface area contributed by atoms with Gasteiger partial charge in [0.2, 0.25) is 21.7 Å². The molecule has 0 aliphatic rings. The van der Waals surface area contributed by atoms with Crippen LogP contribution in [0.5, 0.6) is 0 Å². The maximum absolute atomic E-state index is 13.6. The number of benzene rings is 2. The van der Waals surface area contributed by atoms with Gasteiger partial charge in [0.1, 0.15) is 0 Å². The van der Waals surface area contributed by atoms with E-state index in [2.05, 4.69) is 5.32 Å². The normalized spacial score (nSPS) is 11.7. The maximum atomic E-state index is 13.6. The highest BCUT2D eigenvalue weighted by Crippen LogP contribution is 2.24. The molecule has 0 heterocycles. The minimum Gasteiger partial charge on any atom is -0.326 e. The standard InChI is InChI=1S/C16H13F5N2O3S/c1-23(2)27(25,26)9-5-3-8(4-6-9)22-11(24)7-10-12(17)14(19)16(21)15(20)13(10)18/h3-6H,7H2,1-2H3,(H,22,24). The molecule has 0 radical (unpaired) electrons. The third kappa shape index (κ3) is 4.08. The molecule has 0 bridgehead atoms. The molecule has 2 aromatic rings. The fraction of sp³-hybridized carbons (Fsp3) is 0.188. The zero-order chi connectivity index (χ0) is 20.5. The van der Waals surface area contributed by atoms with Gasteiger partial charge in [-0.25, -0.2) is 34.7 Å². The van der Waals surface area contributed by atoms with Crippen molar-refractivity contribution in [1.29, 1.82) is 0 Å². The zero-order valence-corrected chi connectivity index (χ0v) is 14.8. The van der Waals surface area contributed by atoms with Crippen molar-refractivity contribution >= 4 is 21.6 Å². The number of carbonyl (C=O) groups is 1. The summed E-state index contributed by atoms with van der Waals surface area (Å²) in [4.78, 5) is 11.8. The van der Waals surface area contributed by atoms with E-state index in [-0.39, 0.29) is 10.6 Å². The van der Waals surface area contributed by atoms with Crippen molar-refractivity contribution in [3.8, 4) is 0 Å². The summed E-state index contributed by atoms with van der Waals surface area (Å²) in [5.41, 5.74) is -1.20. The van der Waals surface area contributed by atoms with Crippen molar-refractivity contribution in [2.24, 2.45) is 0 Å². The Morgan fingerprint density at radius 3 is 1.78 bits per heavy atom. The fourth-order valence-corrected chi connectivity index (χ4v) is 2.99. The van der Waals surface area contributed by atoms with Crippen LogP contribution in [0, 0.1) is 29.1 Å². The molecular weight excluding hydrogens is 395 g/mol. The minimum atomic E-state index is -3.69. The zero-order valence-electron chi connectivity index (χ0n) is 14.0. The summed E-state index contributed by atoms with van der Waals surface area (Å²) in [5.74, 6) is -11.8. The van der Waals surface area contributed by atoms with Crippen molar-refractivity contribution in [2.75, 3.05) is 19.4 Å². The van der Waals surface area contributed by atoms with Crippen molar-refractivity contribution in [2.45, 2.75) is 11.3 Å². The van der Waals surface area contributed by atoms with Crippen LogP contribution in [0.1, 0.15) is 5.56 Å². The molecule has 0 aliphatic heterocycles. The average molecular weight is 408 g/mol. The maximum Gasteiger partial charge on any atom is 0.242 e. The summed E-state index contributed by atoms with van der Waals surface area (Å²) in [5, 5.41) is 2.19. The minimum absolute atomic E-state index is 0.0646. The lowest BCUT2D eigenvalue weighted by Gasteiger charge is -2.12. The summed E-state index contributed by atoms with van der Waals surface area (Å²) in [6.45, 7) is 0. The number of rotatable bonds is 5. The Morgan fingerprint density at radius 2 is 1.33 bits per heavy atom. The first-order valence-corrected chi connectivity index (χ1v) is 8.73. The molecule has 1 N–H and O–H groups in total. The molecule has 5 nitrogen and oxygen atoms in total. The van der Waals surface area contributed by atoms with Crippen LogP contribution in [0.4, 0.5) is 27.6 Å². The highest BCUT2D eigenvalue weighted by molar-refractivity contribution is 7.89. The molecule has 2 rings (SSSR count). The Balaban J connectivity index is 2.20. The van der Waals surface area contributed by atoms with Gasteiger partial charge in [-0.15, -0.1) is 0 Å². The number of nitrogens with zero attached hydrogens (tertiary/aromatic N) is 1. The monoisotopic (exact) mass is 408 g/mol. The van der Waals surface area contributed by atoms with Gasteiger partial charge >= 0.3 is 0 Å². The highest BCUT2D eigenvalue weighted by atomic mass is 32.2. The molecule has 0 aliphatic carbocycles. The van der Waals surface area contributed by atoms with Gasteiger partial charge in [-0.3, -0.25) is 4.79 Å². The molecule has 11 heteroatoms. The van der Waals surface area contributed by atoms with Gasteiger partial charge in [-0.2, -0.15) is 0 Å². The molecule has 0 aromatic heterocycles. The second kappa shape index (κ2) is 7.61. The van der Waals surface area contributed by atoms with Crippen molar-refractivity contribution in [1.82, 2.24) is 4.31 Å². The lowest BCUT2D eigenvalue weighted by Crippen LogP contribution is -2.22.